The van der Waals surface area contributed by atoms with Crippen molar-refractivity contribution in [1.29, 1.82) is 0 Å². The number of likely N-dealkylation sites (tertiary alicyclic amines) is 1. The SMILES string of the molecule is CN1CCCC2(C)c3cc(O)ccc3CC1C2N(C)C(=O)C1CCCCC1. The Morgan fingerprint density at radius 2 is 1.96 bits per heavy atom. The zero-order valence-electron chi connectivity index (χ0n) is 17.1. The number of nitrogens with zero attached hydrogens (tertiary/aromatic N) is 2. The van der Waals surface area contributed by atoms with Crippen molar-refractivity contribution in [3.63, 3.8) is 0 Å². The van der Waals surface area contributed by atoms with E-state index >= 15 is 0 Å². The van der Waals surface area contributed by atoms with Crippen molar-refractivity contribution in [2.24, 2.45) is 5.92 Å². The van der Waals surface area contributed by atoms with Gasteiger partial charge >= 0.3 is 0 Å². The fourth-order valence-electron chi connectivity index (χ4n) is 6.20. The first-order valence-electron chi connectivity index (χ1n) is 10.7. The predicted octanol–water partition coefficient (Wildman–Crippen LogP) is 3.71. The van der Waals surface area contributed by atoms with Crippen molar-refractivity contribution < 1.29 is 9.90 Å². The van der Waals surface area contributed by atoms with E-state index in [2.05, 4.69) is 29.8 Å². The van der Waals surface area contributed by atoms with E-state index in [4.69, 9.17) is 0 Å². The molecule has 1 saturated heterocycles. The quantitative estimate of drug-likeness (QED) is 0.863. The normalized spacial score (nSPS) is 31.8. The number of phenols is 1. The molecular formula is C23H34N2O2. The summed E-state index contributed by atoms with van der Waals surface area (Å²) in [5.41, 5.74) is 2.48. The summed E-state index contributed by atoms with van der Waals surface area (Å²) in [6.45, 7) is 3.40. The van der Waals surface area contributed by atoms with Crippen molar-refractivity contribution in [2.75, 3.05) is 20.6 Å². The van der Waals surface area contributed by atoms with Crippen molar-refractivity contribution >= 4 is 5.91 Å². The Morgan fingerprint density at radius 1 is 1.22 bits per heavy atom. The van der Waals surface area contributed by atoms with Crippen LogP contribution in [-0.2, 0) is 16.6 Å². The average Bonchev–Trinajstić information content (AvgIpc) is 2.76. The number of hydrogen-bond acceptors (Lipinski definition) is 3. The standard InChI is InChI=1S/C23H34N2O2/c1-23-12-7-13-24(2)20(14-17-10-11-18(26)15-19(17)23)21(23)25(3)22(27)16-8-5-4-6-9-16/h10-11,15-16,20-21,26H,4-9,12-14H2,1-3H3. The molecule has 2 bridgehead atoms. The Kier molecular flexibility index (Phi) is 4.96. The highest BCUT2D eigenvalue weighted by Crippen LogP contribution is 2.47. The van der Waals surface area contributed by atoms with Crippen LogP contribution in [0.1, 0.15) is 63.0 Å². The van der Waals surface area contributed by atoms with Gasteiger partial charge in [0.05, 0.1) is 6.04 Å². The van der Waals surface area contributed by atoms with Crippen molar-refractivity contribution in [1.82, 2.24) is 9.80 Å². The summed E-state index contributed by atoms with van der Waals surface area (Å²) in [5.74, 6) is 0.881. The maximum absolute atomic E-state index is 13.4. The number of benzene rings is 1. The highest BCUT2D eigenvalue weighted by Gasteiger charge is 2.51. The summed E-state index contributed by atoms with van der Waals surface area (Å²) in [5, 5.41) is 10.2. The summed E-state index contributed by atoms with van der Waals surface area (Å²) < 4.78 is 0. The number of hydrogen-bond donors (Lipinski definition) is 1. The maximum Gasteiger partial charge on any atom is 0.225 e. The van der Waals surface area contributed by atoms with Gasteiger partial charge in [0, 0.05) is 24.4 Å². The molecule has 4 nitrogen and oxygen atoms in total. The van der Waals surface area contributed by atoms with Crippen LogP contribution in [0.15, 0.2) is 18.2 Å². The fraction of sp³-hybridized carbons (Fsp3) is 0.696. The molecule has 0 spiro atoms. The van der Waals surface area contributed by atoms with Crippen LogP contribution in [0.4, 0.5) is 0 Å². The number of carbonyl (C=O) groups excluding carboxylic acids is 1. The maximum atomic E-state index is 13.4. The number of fused-ring (bicyclic) bond motifs is 4. The molecule has 4 heteroatoms. The lowest BCUT2D eigenvalue weighted by atomic mass is 9.63. The molecule has 2 fully saturated rings. The van der Waals surface area contributed by atoms with E-state index in [-0.39, 0.29) is 17.4 Å². The van der Waals surface area contributed by atoms with Crippen LogP contribution in [0, 0.1) is 5.92 Å². The number of aromatic hydroxyl groups is 1. The molecule has 27 heavy (non-hydrogen) atoms. The molecule has 1 aromatic rings. The summed E-state index contributed by atoms with van der Waals surface area (Å²) in [6.07, 6.45) is 8.87. The lowest BCUT2D eigenvalue weighted by Gasteiger charge is -2.52. The monoisotopic (exact) mass is 370 g/mol. The van der Waals surface area contributed by atoms with Gasteiger partial charge in [0.15, 0.2) is 0 Å². The Balaban J connectivity index is 1.74. The Morgan fingerprint density at radius 3 is 2.70 bits per heavy atom. The molecule has 0 aromatic heterocycles. The molecule has 1 aromatic carbocycles. The lowest BCUT2D eigenvalue weighted by Crippen LogP contribution is -2.62. The number of likely N-dealkylation sites (N-methyl/N-ethyl adjacent to an activating group) is 2. The number of phenolic OH excluding ortho intramolecular Hbond substituents is 1. The zero-order chi connectivity index (χ0) is 19.2. The van der Waals surface area contributed by atoms with E-state index < -0.39 is 0 Å². The van der Waals surface area contributed by atoms with Gasteiger partial charge in [-0.25, -0.2) is 0 Å². The third-order valence-corrected chi connectivity index (χ3v) is 7.65. The average molecular weight is 371 g/mol. The highest BCUT2D eigenvalue weighted by atomic mass is 16.3. The van der Waals surface area contributed by atoms with Crippen LogP contribution in [-0.4, -0.2) is 53.5 Å². The second kappa shape index (κ2) is 7.12. The number of amides is 1. The van der Waals surface area contributed by atoms with Gasteiger partial charge in [-0.1, -0.05) is 32.3 Å². The minimum atomic E-state index is -0.110. The van der Waals surface area contributed by atoms with E-state index in [1.54, 1.807) is 0 Å². The molecule has 1 heterocycles. The molecule has 4 rings (SSSR count). The topological polar surface area (TPSA) is 43.8 Å². The number of rotatable bonds is 2. The zero-order valence-corrected chi connectivity index (χ0v) is 17.1. The molecule has 3 unspecified atom stereocenters. The van der Waals surface area contributed by atoms with Gasteiger partial charge in [0.25, 0.3) is 0 Å². The number of carbonyl (C=O) groups is 1. The molecule has 1 N–H and O–H groups in total. The molecular weight excluding hydrogens is 336 g/mol. The van der Waals surface area contributed by atoms with E-state index in [1.807, 2.05) is 19.2 Å². The molecule has 0 radical (unpaired) electrons. The van der Waals surface area contributed by atoms with Crippen LogP contribution in [0.2, 0.25) is 0 Å². The van der Waals surface area contributed by atoms with Crippen molar-refractivity contribution in [3.05, 3.63) is 29.3 Å². The van der Waals surface area contributed by atoms with Gasteiger partial charge in [-0.2, -0.15) is 0 Å². The van der Waals surface area contributed by atoms with E-state index in [0.29, 0.717) is 17.7 Å². The largest absolute Gasteiger partial charge is 0.508 e. The summed E-state index contributed by atoms with van der Waals surface area (Å²) in [7, 11) is 4.26. The van der Waals surface area contributed by atoms with Crippen LogP contribution >= 0.6 is 0 Å². The molecule has 3 aliphatic rings. The van der Waals surface area contributed by atoms with E-state index in [9.17, 15) is 9.90 Å². The Hall–Kier alpha value is -1.55. The van der Waals surface area contributed by atoms with Gasteiger partial charge in [0.2, 0.25) is 5.91 Å². The highest BCUT2D eigenvalue weighted by molar-refractivity contribution is 5.79. The summed E-state index contributed by atoms with van der Waals surface area (Å²) >= 11 is 0. The lowest BCUT2D eigenvalue weighted by molar-refractivity contribution is -0.140. The molecule has 1 saturated carbocycles. The van der Waals surface area contributed by atoms with Crippen LogP contribution < -0.4 is 0 Å². The molecule has 1 aliphatic heterocycles. The van der Waals surface area contributed by atoms with Crippen molar-refractivity contribution in [2.45, 2.75) is 75.8 Å². The fourth-order valence-corrected chi connectivity index (χ4v) is 6.20. The van der Waals surface area contributed by atoms with Crippen molar-refractivity contribution in [3.8, 4) is 5.75 Å². The van der Waals surface area contributed by atoms with Crippen LogP contribution in [0.5, 0.6) is 5.75 Å². The van der Waals surface area contributed by atoms with Gasteiger partial charge in [0.1, 0.15) is 5.75 Å². The Bertz CT molecular complexity index is 712. The first-order valence-corrected chi connectivity index (χ1v) is 10.7. The second-order valence-electron chi connectivity index (χ2n) is 9.34. The Labute approximate surface area is 163 Å². The van der Waals surface area contributed by atoms with Gasteiger partial charge in [-0.05, 0) is 69.0 Å². The molecule has 1 amide bonds. The first-order chi connectivity index (χ1) is 12.9. The second-order valence-corrected chi connectivity index (χ2v) is 9.34. The molecule has 3 atom stereocenters. The van der Waals surface area contributed by atoms with Crippen LogP contribution in [0.25, 0.3) is 0 Å². The summed E-state index contributed by atoms with van der Waals surface area (Å²) in [6, 6.07) is 6.36. The molecule has 2 aliphatic carbocycles. The van der Waals surface area contributed by atoms with Gasteiger partial charge in [-0.15, -0.1) is 0 Å². The third kappa shape index (κ3) is 3.16. The minimum absolute atomic E-state index is 0.110. The third-order valence-electron chi connectivity index (χ3n) is 7.65. The van der Waals surface area contributed by atoms with E-state index in [0.717, 1.165) is 38.6 Å². The van der Waals surface area contributed by atoms with E-state index in [1.165, 1.54) is 30.4 Å². The van der Waals surface area contributed by atoms with Gasteiger partial charge < -0.3 is 14.9 Å². The molecule has 148 valence electrons. The van der Waals surface area contributed by atoms with Gasteiger partial charge in [-0.3, -0.25) is 4.79 Å². The summed E-state index contributed by atoms with van der Waals surface area (Å²) in [4.78, 5) is 18.0. The van der Waals surface area contributed by atoms with Crippen LogP contribution in [0.3, 0.4) is 0 Å². The predicted molar refractivity (Wildman–Crippen MR) is 108 cm³/mol. The minimum Gasteiger partial charge on any atom is -0.508 e. The smallest absolute Gasteiger partial charge is 0.225 e. The first kappa shape index (κ1) is 18.8.